The maximum atomic E-state index is 14.0. The molecule has 1 amide bonds. The number of carbonyl (C=O) groups is 1. The fraction of sp³-hybridized carbons (Fsp3) is 0.345. The van der Waals surface area contributed by atoms with Crippen molar-refractivity contribution in [1.29, 1.82) is 0 Å². The first kappa shape index (κ1) is 23.6. The van der Waals surface area contributed by atoms with E-state index in [9.17, 15) is 9.59 Å². The summed E-state index contributed by atoms with van der Waals surface area (Å²) in [7, 11) is 0. The Bertz CT molecular complexity index is 1340. The molecule has 1 N–H and O–H groups in total. The fourth-order valence-corrected chi connectivity index (χ4v) is 6.47. The third-order valence-electron chi connectivity index (χ3n) is 7.22. The number of carbonyl (C=O) groups excluding carboxylic acids is 1. The van der Waals surface area contributed by atoms with Crippen LogP contribution in [0.1, 0.15) is 48.8 Å². The third-order valence-corrected chi connectivity index (χ3v) is 8.20. The lowest BCUT2D eigenvalue weighted by atomic mass is 9.62. The topological polar surface area (TPSA) is 64.0 Å². The number of amides is 1. The highest BCUT2D eigenvalue weighted by Crippen LogP contribution is 2.48. The number of nitrogens with zero attached hydrogens (tertiary/aromatic N) is 2. The van der Waals surface area contributed by atoms with Crippen molar-refractivity contribution in [3.8, 4) is 11.3 Å². The Morgan fingerprint density at radius 3 is 2.74 bits per heavy atom. The highest BCUT2D eigenvalue weighted by Gasteiger charge is 2.43. The van der Waals surface area contributed by atoms with Crippen LogP contribution in [0.15, 0.2) is 71.1 Å². The van der Waals surface area contributed by atoms with Crippen LogP contribution in [0.5, 0.6) is 0 Å². The van der Waals surface area contributed by atoms with Crippen LogP contribution >= 0.6 is 11.8 Å². The minimum atomic E-state index is -0.152. The van der Waals surface area contributed by atoms with Gasteiger partial charge in [0, 0.05) is 23.2 Å². The first-order valence-corrected chi connectivity index (χ1v) is 13.3. The summed E-state index contributed by atoms with van der Waals surface area (Å²) < 4.78 is 1.71. The van der Waals surface area contributed by atoms with Gasteiger partial charge < -0.3 is 5.32 Å². The van der Waals surface area contributed by atoms with E-state index >= 15 is 0 Å². The Labute approximate surface area is 210 Å². The SMILES string of the molecule is C=CCn1c(SCC(=O)Nc2cccc(C)c2)nc2c(c1=O)C1(CCCCC1)Cc1ccccc1-2. The van der Waals surface area contributed by atoms with E-state index in [1.807, 2.05) is 37.3 Å². The van der Waals surface area contributed by atoms with Gasteiger partial charge in [-0.25, -0.2) is 4.98 Å². The molecule has 0 bridgehead atoms. The smallest absolute Gasteiger partial charge is 0.258 e. The molecule has 1 spiro atoms. The molecule has 2 aliphatic rings. The molecule has 5 rings (SSSR count). The summed E-state index contributed by atoms with van der Waals surface area (Å²) in [6.07, 6.45) is 8.16. The van der Waals surface area contributed by atoms with Crippen LogP contribution in [0, 0.1) is 6.92 Å². The number of anilines is 1. The molecule has 3 aromatic rings. The predicted molar refractivity (Wildman–Crippen MR) is 143 cm³/mol. The van der Waals surface area contributed by atoms with Crippen LogP contribution in [0.3, 0.4) is 0 Å². The molecule has 1 aromatic heterocycles. The summed E-state index contributed by atoms with van der Waals surface area (Å²) in [6.45, 7) is 6.24. The lowest BCUT2D eigenvalue weighted by Gasteiger charge is -2.42. The van der Waals surface area contributed by atoms with E-state index in [1.165, 1.54) is 23.7 Å². The molecule has 1 saturated carbocycles. The minimum absolute atomic E-state index is 0.0212. The number of nitrogens with one attached hydrogen (secondary N) is 1. The molecular weight excluding hydrogens is 454 g/mol. The zero-order chi connectivity index (χ0) is 24.4. The molecule has 2 aliphatic carbocycles. The number of hydrogen-bond acceptors (Lipinski definition) is 4. The van der Waals surface area contributed by atoms with Crippen molar-refractivity contribution >= 4 is 23.4 Å². The van der Waals surface area contributed by atoms with Gasteiger partial charge in [-0.1, -0.05) is 73.5 Å². The van der Waals surface area contributed by atoms with Gasteiger partial charge in [0.2, 0.25) is 5.91 Å². The van der Waals surface area contributed by atoms with Crippen molar-refractivity contribution in [1.82, 2.24) is 9.55 Å². The second kappa shape index (κ2) is 9.86. The Morgan fingerprint density at radius 1 is 1.17 bits per heavy atom. The van der Waals surface area contributed by atoms with Crippen molar-refractivity contribution in [3.63, 3.8) is 0 Å². The van der Waals surface area contributed by atoms with Crippen LogP contribution in [0.25, 0.3) is 11.3 Å². The molecule has 2 aromatic carbocycles. The average Bonchev–Trinajstić information content (AvgIpc) is 2.85. The molecule has 5 nitrogen and oxygen atoms in total. The van der Waals surface area contributed by atoms with Crippen LogP contribution < -0.4 is 10.9 Å². The molecule has 0 atom stereocenters. The highest BCUT2D eigenvalue weighted by atomic mass is 32.2. The number of aromatic nitrogens is 2. The lowest BCUT2D eigenvalue weighted by Crippen LogP contribution is -2.43. The summed E-state index contributed by atoms with van der Waals surface area (Å²) in [6, 6.07) is 16.1. The molecule has 0 saturated heterocycles. The summed E-state index contributed by atoms with van der Waals surface area (Å²) in [5.74, 6) is 0.0465. The summed E-state index contributed by atoms with van der Waals surface area (Å²) in [5, 5.41) is 3.51. The monoisotopic (exact) mass is 485 g/mol. The van der Waals surface area contributed by atoms with Gasteiger partial charge in [-0.3, -0.25) is 14.2 Å². The van der Waals surface area contributed by atoms with Gasteiger partial charge >= 0.3 is 0 Å². The highest BCUT2D eigenvalue weighted by molar-refractivity contribution is 7.99. The van der Waals surface area contributed by atoms with Crippen molar-refractivity contribution in [2.24, 2.45) is 0 Å². The molecule has 180 valence electrons. The number of rotatable bonds is 6. The number of benzene rings is 2. The van der Waals surface area contributed by atoms with Crippen molar-refractivity contribution in [2.45, 2.75) is 62.6 Å². The summed E-state index contributed by atoms with van der Waals surface area (Å²) in [5.41, 5.74) is 5.71. The van der Waals surface area contributed by atoms with Gasteiger partial charge in [-0.05, 0) is 49.4 Å². The van der Waals surface area contributed by atoms with Gasteiger partial charge in [0.05, 0.1) is 17.0 Å². The average molecular weight is 486 g/mol. The largest absolute Gasteiger partial charge is 0.325 e. The van der Waals surface area contributed by atoms with E-state index in [4.69, 9.17) is 4.98 Å². The van der Waals surface area contributed by atoms with E-state index in [2.05, 4.69) is 30.1 Å². The first-order valence-electron chi connectivity index (χ1n) is 12.3. The van der Waals surface area contributed by atoms with Crippen LogP contribution in [0.2, 0.25) is 0 Å². The zero-order valence-electron chi connectivity index (χ0n) is 20.2. The molecule has 0 aliphatic heterocycles. The molecule has 0 unspecified atom stereocenters. The number of hydrogen-bond donors (Lipinski definition) is 1. The predicted octanol–water partition coefficient (Wildman–Crippen LogP) is 5.89. The standard InChI is InChI=1S/C29H31N3O2S/c1-3-16-32-27(34)25-26(23-13-6-5-11-21(23)18-29(25)14-7-4-8-15-29)31-28(32)35-19-24(33)30-22-12-9-10-20(2)17-22/h3,5-6,9-13,17H,1,4,7-8,14-16,18-19H2,2H3,(H,30,33). The molecule has 0 radical (unpaired) electrons. The number of thioether (sulfide) groups is 1. The second-order valence-corrected chi connectivity index (χ2v) is 10.6. The molecule has 35 heavy (non-hydrogen) atoms. The normalized spacial score (nSPS) is 15.8. The summed E-state index contributed by atoms with van der Waals surface area (Å²) in [4.78, 5) is 31.8. The van der Waals surface area contributed by atoms with E-state index in [0.29, 0.717) is 11.7 Å². The zero-order valence-corrected chi connectivity index (χ0v) is 21.0. The van der Waals surface area contributed by atoms with Crippen molar-refractivity contribution in [2.75, 3.05) is 11.1 Å². The van der Waals surface area contributed by atoms with E-state index in [0.717, 1.165) is 60.2 Å². The molecule has 1 heterocycles. The minimum Gasteiger partial charge on any atom is -0.325 e. The van der Waals surface area contributed by atoms with Crippen LogP contribution in [-0.2, 0) is 23.2 Å². The van der Waals surface area contributed by atoms with Crippen LogP contribution in [-0.4, -0.2) is 21.2 Å². The molecular formula is C29H31N3O2S. The number of aryl methyl sites for hydroxylation is 1. The van der Waals surface area contributed by atoms with Gasteiger partial charge in [-0.2, -0.15) is 0 Å². The fourth-order valence-electron chi connectivity index (χ4n) is 5.67. The summed E-state index contributed by atoms with van der Waals surface area (Å²) >= 11 is 1.31. The van der Waals surface area contributed by atoms with Crippen molar-refractivity contribution in [3.05, 3.63) is 88.2 Å². The van der Waals surface area contributed by atoms with E-state index < -0.39 is 0 Å². The number of fused-ring (bicyclic) bond motifs is 4. The second-order valence-electron chi connectivity index (χ2n) is 9.70. The first-order chi connectivity index (χ1) is 17.0. The molecule has 6 heteroatoms. The maximum absolute atomic E-state index is 14.0. The van der Waals surface area contributed by atoms with Gasteiger partial charge in [0.15, 0.2) is 5.16 Å². The van der Waals surface area contributed by atoms with Crippen LogP contribution in [0.4, 0.5) is 5.69 Å². The Balaban J connectivity index is 1.53. The van der Waals surface area contributed by atoms with Gasteiger partial charge in [-0.15, -0.1) is 6.58 Å². The van der Waals surface area contributed by atoms with Crippen molar-refractivity contribution < 1.29 is 4.79 Å². The lowest BCUT2D eigenvalue weighted by molar-refractivity contribution is -0.113. The Morgan fingerprint density at radius 2 is 1.97 bits per heavy atom. The van der Waals surface area contributed by atoms with Gasteiger partial charge in [0.25, 0.3) is 5.56 Å². The number of allylic oxidation sites excluding steroid dienone is 1. The Hall–Kier alpha value is -3.12. The maximum Gasteiger partial charge on any atom is 0.258 e. The van der Waals surface area contributed by atoms with Gasteiger partial charge in [0.1, 0.15) is 0 Å². The quantitative estimate of drug-likeness (QED) is 0.268. The molecule has 1 fully saturated rings. The third kappa shape index (κ3) is 4.59. The Kier molecular flexibility index (Phi) is 6.65. The van der Waals surface area contributed by atoms with E-state index in [-0.39, 0.29) is 22.6 Å². The van der Waals surface area contributed by atoms with E-state index in [1.54, 1.807) is 10.6 Å².